The molecule has 0 saturated heterocycles. The zero-order valence-corrected chi connectivity index (χ0v) is 11.8. The third-order valence-corrected chi connectivity index (χ3v) is 3.43. The van der Waals surface area contributed by atoms with Gasteiger partial charge < -0.3 is 0 Å². The van der Waals surface area contributed by atoms with E-state index in [1.165, 1.54) is 22.3 Å². The predicted octanol–water partition coefficient (Wildman–Crippen LogP) is 5.51. The van der Waals surface area contributed by atoms with Crippen LogP contribution in [0.25, 0.3) is 22.3 Å². The van der Waals surface area contributed by atoms with Crippen molar-refractivity contribution in [2.75, 3.05) is 0 Å². The van der Waals surface area contributed by atoms with Gasteiger partial charge in [-0.05, 0) is 11.1 Å². The number of benzene rings is 2. The minimum atomic E-state index is 0.932. The predicted molar refractivity (Wildman–Crippen MR) is 83.5 cm³/mol. The minimum Gasteiger partial charge on any atom is -0.218 e. The SMILES string of the molecule is Cc1cc(-c2ccccc2)c(-c2ccccc2)c(C)[o+]1. The summed E-state index contributed by atoms with van der Waals surface area (Å²) in [5.41, 5.74) is 4.79. The molecule has 2 aromatic carbocycles. The molecule has 0 spiro atoms. The Morgan fingerprint density at radius 2 is 1.25 bits per heavy atom. The van der Waals surface area contributed by atoms with E-state index in [2.05, 4.69) is 54.6 Å². The van der Waals surface area contributed by atoms with Crippen molar-refractivity contribution in [2.45, 2.75) is 13.8 Å². The van der Waals surface area contributed by atoms with Crippen LogP contribution in [-0.2, 0) is 0 Å². The third-order valence-electron chi connectivity index (χ3n) is 3.43. The molecule has 0 N–H and O–H groups in total. The lowest BCUT2D eigenvalue weighted by atomic mass is 9.94. The zero-order chi connectivity index (χ0) is 13.9. The number of hydrogen-bond acceptors (Lipinski definition) is 0. The lowest BCUT2D eigenvalue weighted by molar-refractivity contribution is 0.489. The van der Waals surface area contributed by atoms with E-state index >= 15 is 0 Å². The van der Waals surface area contributed by atoms with Gasteiger partial charge in [0.2, 0.25) is 0 Å². The third kappa shape index (κ3) is 2.35. The average molecular weight is 261 g/mol. The second kappa shape index (κ2) is 5.30. The highest BCUT2D eigenvalue weighted by atomic mass is 16.3. The van der Waals surface area contributed by atoms with Gasteiger partial charge in [-0.15, -0.1) is 0 Å². The average Bonchev–Trinajstić information content (AvgIpc) is 2.48. The van der Waals surface area contributed by atoms with Gasteiger partial charge in [0, 0.05) is 11.6 Å². The highest BCUT2D eigenvalue weighted by Gasteiger charge is 2.20. The molecule has 0 fully saturated rings. The normalized spacial score (nSPS) is 10.5. The maximum Gasteiger partial charge on any atom is 0.334 e. The fourth-order valence-corrected chi connectivity index (χ4v) is 2.60. The molecule has 3 rings (SSSR count). The number of aryl methyl sites for hydroxylation is 2. The van der Waals surface area contributed by atoms with Gasteiger partial charge in [-0.25, -0.2) is 4.42 Å². The van der Waals surface area contributed by atoms with Crippen molar-refractivity contribution in [3.63, 3.8) is 0 Å². The Bertz CT molecular complexity index is 716. The first kappa shape index (κ1) is 12.6. The molecule has 0 saturated carbocycles. The van der Waals surface area contributed by atoms with Crippen molar-refractivity contribution in [3.05, 3.63) is 78.3 Å². The molecule has 0 unspecified atom stereocenters. The first-order chi connectivity index (χ1) is 9.75. The quantitative estimate of drug-likeness (QED) is 0.553. The topological polar surface area (TPSA) is 11.3 Å². The van der Waals surface area contributed by atoms with E-state index in [4.69, 9.17) is 4.42 Å². The molecule has 98 valence electrons. The van der Waals surface area contributed by atoms with Crippen LogP contribution >= 0.6 is 0 Å². The van der Waals surface area contributed by atoms with Crippen LogP contribution in [0.5, 0.6) is 0 Å². The number of hydrogen-bond donors (Lipinski definition) is 0. The smallest absolute Gasteiger partial charge is 0.218 e. The maximum absolute atomic E-state index is 5.82. The van der Waals surface area contributed by atoms with Crippen LogP contribution in [-0.4, -0.2) is 0 Å². The highest BCUT2D eigenvalue weighted by molar-refractivity contribution is 5.84. The molecule has 0 aliphatic carbocycles. The molecule has 3 aromatic rings. The fourth-order valence-electron chi connectivity index (χ4n) is 2.60. The second-order valence-electron chi connectivity index (χ2n) is 4.93. The Hall–Kier alpha value is -2.41. The molecule has 0 amide bonds. The summed E-state index contributed by atoms with van der Waals surface area (Å²) >= 11 is 0. The standard InChI is InChI=1S/C19H17O/c1-14-13-18(16-9-5-3-6-10-16)19(15(2)20-14)17-11-7-4-8-12-17/h3-13H,1-2H3/q+1. The lowest BCUT2D eigenvalue weighted by Gasteiger charge is -2.08. The molecule has 0 radical (unpaired) electrons. The Labute approximate surface area is 119 Å². The van der Waals surface area contributed by atoms with Gasteiger partial charge >= 0.3 is 11.5 Å². The Morgan fingerprint density at radius 3 is 1.85 bits per heavy atom. The molecule has 0 aliphatic heterocycles. The van der Waals surface area contributed by atoms with Gasteiger partial charge in [0.1, 0.15) is 0 Å². The summed E-state index contributed by atoms with van der Waals surface area (Å²) in [6, 6.07) is 23.0. The van der Waals surface area contributed by atoms with Crippen molar-refractivity contribution in [1.82, 2.24) is 0 Å². The van der Waals surface area contributed by atoms with Crippen LogP contribution in [0.15, 0.2) is 71.1 Å². The van der Waals surface area contributed by atoms with E-state index in [0.717, 1.165) is 11.5 Å². The van der Waals surface area contributed by atoms with Crippen molar-refractivity contribution in [1.29, 1.82) is 0 Å². The number of rotatable bonds is 2. The van der Waals surface area contributed by atoms with E-state index in [1.54, 1.807) is 0 Å². The Balaban J connectivity index is 2.29. The fraction of sp³-hybridized carbons (Fsp3) is 0.105. The van der Waals surface area contributed by atoms with Gasteiger partial charge in [0.15, 0.2) is 0 Å². The van der Waals surface area contributed by atoms with Crippen molar-refractivity contribution >= 4 is 0 Å². The summed E-state index contributed by atoms with van der Waals surface area (Å²) in [5, 5.41) is 0. The van der Waals surface area contributed by atoms with Crippen molar-refractivity contribution in [3.8, 4) is 22.3 Å². The van der Waals surface area contributed by atoms with Gasteiger partial charge in [-0.1, -0.05) is 60.7 Å². The van der Waals surface area contributed by atoms with Gasteiger partial charge in [0.25, 0.3) is 0 Å². The van der Waals surface area contributed by atoms with E-state index in [0.29, 0.717) is 0 Å². The first-order valence-corrected chi connectivity index (χ1v) is 6.81. The van der Waals surface area contributed by atoms with Crippen LogP contribution in [0.3, 0.4) is 0 Å². The van der Waals surface area contributed by atoms with Crippen molar-refractivity contribution < 1.29 is 4.42 Å². The highest BCUT2D eigenvalue weighted by Crippen LogP contribution is 2.35. The lowest BCUT2D eigenvalue weighted by Crippen LogP contribution is -1.91. The van der Waals surface area contributed by atoms with E-state index in [-0.39, 0.29) is 0 Å². The molecule has 20 heavy (non-hydrogen) atoms. The summed E-state index contributed by atoms with van der Waals surface area (Å²) in [6.07, 6.45) is 0. The van der Waals surface area contributed by atoms with Gasteiger partial charge in [0.05, 0.1) is 19.4 Å². The van der Waals surface area contributed by atoms with Crippen molar-refractivity contribution in [2.24, 2.45) is 0 Å². The molecule has 1 heterocycles. The molecule has 0 atom stereocenters. The van der Waals surface area contributed by atoms with E-state index in [1.807, 2.05) is 26.0 Å². The molecule has 0 bridgehead atoms. The second-order valence-corrected chi connectivity index (χ2v) is 4.93. The monoisotopic (exact) mass is 261 g/mol. The van der Waals surface area contributed by atoms with E-state index in [9.17, 15) is 0 Å². The summed E-state index contributed by atoms with van der Waals surface area (Å²) < 4.78 is 5.82. The molecule has 0 aliphatic rings. The molecule has 1 aromatic heterocycles. The maximum atomic E-state index is 5.82. The summed E-state index contributed by atoms with van der Waals surface area (Å²) in [7, 11) is 0. The molecule has 1 heteroatoms. The van der Waals surface area contributed by atoms with Crippen LogP contribution in [0, 0.1) is 13.8 Å². The van der Waals surface area contributed by atoms with Crippen LogP contribution in [0.2, 0.25) is 0 Å². The Morgan fingerprint density at radius 1 is 0.700 bits per heavy atom. The van der Waals surface area contributed by atoms with E-state index < -0.39 is 0 Å². The minimum absolute atomic E-state index is 0.932. The largest absolute Gasteiger partial charge is 0.334 e. The zero-order valence-electron chi connectivity index (χ0n) is 11.8. The van der Waals surface area contributed by atoms with Gasteiger partial charge in [-0.2, -0.15) is 0 Å². The summed E-state index contributed by atoms with van der Waals surface area (Å²) in [4.78, 5) is 0. The van der Waals surface area contributed by atoms with Gasteiger partial charge in [-0.3, -0.25) is 0 Å². The summed E-state index contributed by atoms with van der Waals surface area (Å²) in [5.74, 6) is 1.89. The van der Waals surface area contributed by atoms with Crippen LogP contribution in [0.4, 0.5) is 0 Å². The molecular weight excluding hydrogens is 244 g/mol. The van der Waals surface area contributed by atoms with Crippen LogP contribution < -0.4 is 0 Å². The molecule has 1 nitrogen and oxygen atoms in total. The van der Waals surface area contributed by atoms with Crippen LogP contribution in [0.1, 0.15) is 11.5 Å². The Kier molecular flexibility index (Phi) is 3.34. The first-order valence-electron chi connectivity index (χ1n) is 6.81. The summed E-state index contributed by atoms with van der Waals surface area (Å²) in [6.45, 7) is 4.02. The molecular formula is C19H17O+.